The Balaban J connectivity index is 0.943. The highest BCUT2D eigenvalue weighted by molar-refractivity contribution is 9.10. The number of benzene rings is 4. The van der Waals surface area contributed by atoms with E-state index in [2.05, 4.69) is 26.6 Å². The molecule has 10 rings (SSSR count). The van der Waals surface area contributed by atoms with Crippen LogP contribution in [0.3, 0.4) is 0 Å². The maximum absolute atomic E-state index is 14.7. The van der Waals surface area contributed by atoms with Crippen LogP contribution in [-0.2, 0) is 9.59 Å². The van der Waals surface area contributed by atoms with Crippen LogP contribution in [0.5, 0.6) is 23.0 Å². The molecule has 4 amide bonds. The zero-order valence-corrected chi connectivity index (χ0v) is 47.4. The third-order valence-electron chi connectivity index (χ3n) is 17.4. The van der Waals surface area contributed by atoms with Gasteiger partial charge in [0.2, 0.25) is 11.8 Å². The van der Waals surface area contributed by atoms with Crippen molar-refractivity contribution in [1.82, 2.24) is 20.4 Å². The van der Waals surface area contributed by atoms with Crippen LogP contribution in [0.25, 0.3) is 0 Å². The largest absolute Gasteiger partial charge is 0.490 e. The minimum atomic E-state index is -1.37. The van der Waals surface area contributed by atoms with Gasteiger partial charge in [-0.2, -0.15) is 0 Å². The summed E-state index contributed by atoms with van der Waals surface area (Å²) in [6, 6.07) is 20.9. The SMILES string of the molecule is CCC1C[C@@H](N2C(=O)CC(CC)(CC)N=C2N)c2cc(C(=O)NC3c4ccccc4OC(C)(CC4C[C@@H](N5C(=O)CC(CC)(CC)N=C5N)c5cc(C(=O)N[C@H]6CC(C)(C)Oc7ccc(Br)cc76)ccc5O4)C3O)ccc2O1. The molecule has 0 bridgehead atoms. The summed E-state index contributed by atoms with van der Waals surface area (Å²) in [5.41, 5.74) is 13.7. The molecule has 6 heterocycles. The summed E-state index contributed by atoms with van der Waals surface area (Å²) in [6.07, 6.45) is 2.80. The number of guanidine groups is 2. The van der Waals surface area contributed by atoms with Crippen molar-refractivity contribution in [2.24, 2.45) is 21.5 Å². The number of aliphatic hydroxyl groups is 1. The number of rotatable bonds is 13. The fraction of sp³-hybridized carbons (Fsp3) is 0.500. The molecule has 8 atom stereocenters. The molecule has 7 N–H and O–H groups in total. The molecule has 0 saturated heterocycles. The zero-order valence-electron chi connectivity index (χ0n) is 45.9. The molecule has 0 aromatic heterocycles. The van der Waals surface area contributed by atoms with E-state index in [1.54, 1.807) is 54.3 Å². The molecular formula is C60H73BrN8O9. The lowest BCUT2D eigenvalue weighted by Crippen LogP contribution is -2.58. The summed E-state index contributed by atoms with van der Waals surface area (Å²) in [7, 11) is 0. The van der Waals surface area contributed by atoms with Crippen molar-refractivity contribution in [2.45, 2.75) is 191 Å². The van der Waals surface area contributed by atoms with Gasteiger partial charge >= 0.3 is 0 Å². The van der Waals surface area contributed by atoms with Gasteiger partial charge in [-0.15, -0.1) is 0 Å². The summed E-state index contributed by atoms with van der Waals surface area (Å²) in [5.74, 6) is 1.32. The lowest BCUT2D eigenvalue weighted by atomic mass is 9.79. The number of fused-ring (bicyclic) bond motifs is 4. The number of nitrogens with one attached hydrogen (secondary N) is 2. The van der Waals surface area contributed by atoms with Crippen molar-refractivity contribution in [3.63, 3.8) is 0 Å². The van der Waals surface area contributed by atoms with E-state index in [1.165, 1.54) is 4.90 Å². The first-order chi connectivity index (χ1) is 37.1. The normalized spacial score (nSPS) is 27.4. The van der Waals surface area contributed by atoms with Gasteiger partial charge in [0.15, 0.2) is 11.9 Å². The first-order valence-electron chi connectivity index (χ1n) is 27.7. The second kappa shape index (κ2) is 20.9. The fourth-order valence-corrected chi connectivity index (χ4v) is 13.1. The van der Waals surface area contributed by atoms with Crippen LogP contribution in [0, 0.1) is 0 Å². The van der Waals surface area contributed by atoms with Gasteiger partial charge in [-0.1, -0.05) is 68.7 Å². The Morgan fingerprint density at radius 3 is 1.73 bits per heavy atom. The number of aliphatic hydroxyl groups excluding tert-OH is 1. The average Bonchev–Trinajstić information content (AvgIpc) is 3.52. The maximum Gasteiger partial charge on any atom is 0.251 e. The summed E-state index contributed by atoms with van der Waals surface area (Å²) >= 11 is 3.58. The maximum atomic E-state index is 14.7. The summed E-state index contributed by atoms with van der Waals surface area (Å²) in [5, 5.41) is 19.1. The molecule has 17 nitrogen and oxygen atoms in total. The Bertz CT molecular complexity index is 3100. The molecule has 0 aliphatic carbocycles. The number of halogens is 1. The first kappa shape index (κ1) is 54.7. The van der Waals surface area contributed by atoms with Gasteiger partial charge in [0.1, 0.15) is 52.5 Å². The van der Waals surface area contributed by atoms with Crippen molar-refractivity contribution in [3.05, 3.63) is 117 Å². The van der Waals surface area contributed by atoms with Crippen molar-refractivity contribution >= 4 is 51.5 Å². The van der Waals surface area contributed by atoms with Gasteiger partial charge in [0.05, 0.1) is 48.1 Å². The van der Waals surface area contributed by atoms with Crippen LogP contribution in [0.1, 0.15) is 193 Å². The second-order valence-corrected chi connectivity index (χ2v) is 23.8. The topological polar surface area (TPSA) is 233 Å². The van der Waals surface area contributed by atoms with Crippen molar-refractivity contribution in [2.75, 3.05) is 0 Å². The van der Waals surface area contributed by atoms with Crippen molar-refractivity contribution in [3.8, 4) is 23.0 Å². The van der Waals surface area contributed by atoms with Crippen molar-refractivity contribution < 1.29 is 43.2 Å². The van der Waals surface area contributed by atoms with E-state index in [4.69, 9.17) is 40.4 Å². The van der Waals surface area contributed by atoms with E-state index in [9.17, 15) is 24.3 Å². The molecule has 6 aliphatic rings. The highest BCUT2D eigenvalue weighted by Crippen LogP contribution is 2.49. The quantitative estimate of drug-likeness (QED) is 0.0846. The number of nitrogens with zero attached hydrogens (tertiary/aromatic N) is 4. The van der Waals surface area contributed by atoms with Crippen LogP contribution in [-0.4, -0.2) is 91.0 Å². The number of hydrogen-bond donors (Lipinski definition) is 5. The molecule has 0 spiro atoms. The van der Waals surface area contributed by atoms with E-state index >= 15 is 0 Å². The molecule has 4 aromatic rings. The average molecular weight is 1130 g/mol. The number of nitrogens with two attached hydrogens (primary N) is 2. The van der Waals surface area contributed by atoms with Gasteiger partial charge in [0, 0.05) is 63.5 Å². The smallest absolute Gasteiger partial charge is 0.251 e. The second-order valence-electron chi connectivity index (χ2n) is 22.9. The number of carbonyl (C=O) groups is 4. The number of para-hydroxylation sites is 1. The number of hydrogen-bond acceptors (Lipinski definition) is 13. The van der Waals surface area contributed by atoms with E-state index in [0.717, 1.165) is 10.0 Å². The van der Waals surface area contributed by atoms with Gasteiger partial charge in [-0.25, -0.2) is 9.98 Å². The molecule has 0 radical (unpaired) electrons. The Morgan fingerprint density at radius 1 is 0.667 bits per heavy atom. The summed E-state index contributed by atoms with van der Waals surface area (Å²) in [4.78, 5) is 70.6. The Kier molecular flexibility index (Phi) is 14.6. The van der Waals surface area contributed by atoms with Gasteiger partial charge in [0.25, 0.3) is 11.8 Å². The number of ether oxygens (including phenoxy) is 4. The highest BCUT2D eigenvalue weighted by atomic mass is 79.9. The number of amides is 4. The molecule has 6 aliphatic heterocycles. The molecule has 0 saturated carbocycles. The monoisotopic (exact) mass is 1130 g/mol. The predicted molar refractivity (Wildman–Crippen MR) is 299 cm³/mol. The minimum absolute atomic E-state index is 0.0873. The molecular weight excluding hydrogens is 1060 g/mol. The van der Waals surface area contributed by atoms with E-state index < -0.39 is 58.5 Å². The number of carbonyl (C=O) groups excluding carboxylic acids is 4. The van der Waals surface area contributed by atoms with E-state index in [1.807, 2.05) is 84.9 Å². The van der Waals surface area contributed by atoms with E-state index in [0.29, 0.717) is 95.8 Å². The molecule has 18 heteroatoms. The molecule has 414 valence electrons. The molecule has 4 aromatic carbocycles. The van der Waals surface area contributed by atoms with Crippen LogP contribution in [0.4, 0.5) is 0 Å². The Labute approximate surface area is 465 Å². The van der Waals surface area contributed by atoms with Crippen LogP contribution >= 0.6 is 15.9 Å². The first-order valence-corrected chi connectivity index (χ1v) is 28.5. The lowest BCUT2D eigenvalue weighted by molar-refractivity contribution is -0.133. The van der Waals surface area contributed by atoms with Crippen molar-refractivity contribution in [1.29, 1.82) is 0 Å². The summed E-state index contributed by atoms with van der Waals surface area (Å²) in [6.45, 7) is 15.8. The number of aliphatic imine (C=N–C) groups is 2. The van der Waals surface area contributed by atoms with Gasteiger partial charge < -0.3 is 46.2 Å². The third-order valence-corrected chi connectivity index (χ3v) is 17.9. The standard InChI is InChI=1S/C60H73BrN8O9/c1-9-36-27-43(68-49(70)31-59(10-2,11-3)66-55(68)62)40-25-34(19-21-45(40)75-36)54(74)65-51-38-16-14-15-17-47(38)78-58(8,52(51)72)29-37-28-44(69-50(71)32-60(12-4,13-5)67-56(69)63)41-24-33(18-22-46(41)76-37)53(73)64-42-30-57(6,7)77-48-23-20-35(61)26-39(42)48/h14-26,36-37,42-44,51-52,72H,9-13,27-32H2,1-8H3,(H2,62,66)(H2,63,67)(H,64,73)(H,65,74)/t36?,37?,42-,43+,44+,51?,52?,58?/m0/s1. The van der Waals surface area contributed by atoms with Crippen LogP contribution in [0.2, 0.25) is 0 Å². The fourth-order valence-electron chi connectivity index (χ4n) is 12.7. The minimum Gasteiger partial charge on any atom is -0.490 e. The van der Waals surface area contributed by atoms with Crippen LogP contribution in [0.15, 0.2) is 93.3 Å². The van der Waals surface area contributed by atoms with E-state index in [-0.39, 0.29) is 67.5 Å². The molecule has 78 heavy (non-hydrogen) atoms. The molecule has 5 unspecified atom stereocenters. The predicted octanol–water partition coefficient (Wildman–Crippen LogP) is 9.56. The van der Waals surface area contributed by atoms with Gasteiger partial charge in [-0.05, 0) is 114 Å². The highest BCUT2D eigenvalue weighted by Gasteiger charge is 2.51. The molecule has 0 fully saturated rings. The zero-order chi connectivity index (χ0) is 55.6. The third kappa shape index (κ3) is 10.1. The van der Waals surface area contributed by atoms with Gasteiger partial charge in [-0.3, -0.25) is 29.0 Å². The lowest BCUT2D eigenvalue weighted by Gasteiger charge is -2.47. The Morgan fingerprint density at radius 2 is 1.18 bits per heavy atom. The van der Waals surface area contributed by atoms with Crippen LogP contribution < -0.4 is 41.0 Å². The Hall–Kier alpha value is -6.66. The summed E-state index contributed by atoms with van der Waals surface area (Å²) < 4.78 is 27.1.